The van der Waals surface area contributed by atoms with Crippen molar-refractivity contribution >= 4 is 11.8 Å². The number of nitrogens with zero attached hydrogens (tertiary/aromatic N) is 1. The van der Waals surface area contributed by atoms with Gasteiger partial charge >= 0.3 is 0 Å². The van der Waals surface area contributed by atoms with Crippen LogP contribution in [0.1, 0.15) is 53.9 Å². The van der Waals surface area contributed by atoms with E-state index in [2.05, 4.69) is 10.3 Å². The number of rotatable bonds is 7. The molecule has 0 bridgehead atoms. The van der Waals surface area contributed by atoms with Crippen LogP contribution in [0.5, 0.6) is 0 Å². The van der Waals surface area contributed by atoms with Gasteiger partial charge in [-0.1, -0.05) is 6.07 Å². The highest BCUT2D eigenvalue weighted by atomic mass is 19.1. The second-order valence-electron chi connectivity index (χ2n) is 7.53. The van der Waals surface area contributed by atoms with E-state index in [9.17, 15) is 14.0 Å². The van der Waals surface area contributed by atoms with Crippen molar-refractivity contribution in [2.75, 3.05) is 0 Å². The fraction of sp³-hybridized carbons (Fsp3) is 0.381. The van der Waals surface area contributed by atoms with E-state index in [4.69, 9.17) is 5.73 Å². The Morgan fingerprint density at radius 2 is 1.96 bits per heavy atom. The number of carbonyl (C=O) groups excluding carboxylic acids is 2. The summed E-state index contributed by atoms with van der Waals surface area (Å²) < 4.78 is 13.2. The van der Waals surface area contributed by atoms with Crippen molar-refractivity contribution in [3.05, 3.63) is 53.6 Å². The monoisotopic (exact) mass is 367 g/mol. The van der Waals surface area contributed by atoms with Crippen LogP contribution < -0.4 is 11.1 Å². The van der Waals surface area contributed by atoms with Crippen LogP contribution in [-0.2, 0) is 4.79 Å². The molecule has 1 heterocycles. The summed E-state index contributed by atoms with van der Waals surface area (Å²) in [6, 6.07) is 8.43. The molecule has 1 atom stereocenters. The van der Waals surface area contributed by atoms with Gasteiger partial charge in [-0.25, -0.2) is 4.98 Å². The molecule has 1 aromatic heterocycles. The predicted molar refractivity (Wildman–Crippen MR) is 99.4 cm³/mol. The molecule has 4 rings (SSSR count). The predicted octanol–water partition coefficient (Wildman–Crippen LogP) is 3.15. The summed E-state index contributed by atoms with van der Waals surface area (Å²) in [6.45, 7) is 0. The number of nitrogens with one attached hydrogen (secondary N) is 1. The molecule has 1 aromatic carbocycles. The van der Waals surface area contributed by atoms with Gasteiger partial charge in [-0.3, -0.25) is 9.59 Å². The zero-order chi connectivity index (χ0) is 19.0. The molecule has 5 nitrogen and oxygen atoms in total. The van der Waals surface area contributed by atoms with Gasteiger partial charge in [-0.05, 0) is 72.9 Å². The number of hydrogen-bond donors (Lipinski definition) is 2. The van der Waals surface area contributed by atoms with Crippen molar-refractivity contribution in [1.29, 1.82) is 0 Å². The largest absolute Gasteiger partial charge is 0.370 e. The lowest BCUT2D eigenvalue weighted by Gasteiger charge is -2.18. The number of nitrogens with two attached hydrogens (primary N) is 1. The Balaban J connectivity index is 1.61. The Hall–Kier alpha value is -2.76. The third-order valence-electron chi connectivity index (χ3n) is 5.30. The molecule has 2 saturated carbocycles. The fourth-order valence-corrected chi connectivity index (χ4v) is 3.54. The van der Waals surface area contributed by atoms with Crippen LogP contribution >= 0.6 is 0 Å². The quantitative estimate of drug-likeness (QED) is 0.737. The third-order valence-corrected chi connectivity index (χ3v) is 5.30. The van der Waals surface area contributed by atoms with Crippen LogP contribution in [0.15, 0.2) is 36.5 Å². The fourth-order valence-electron chi connectivity index (χ4n) is 3.54. The molecule has 3 N–H and O–H groups in total. The zero-order valence-electron chi connectivity index (χ0n) is 15.0. The van der Waals surface area contributed by atoms with Crippen LogP contribution in [0, 0.1) is 11.9 Å². The van der Waals surface area contributed by atoms with Gasteiger partial charge in [0, 0.05) is 29.8 Å². The van der Waals surface area contributed by atoms with E-state index in [-0.39, 0.29) is 18.4 Å². The number of carbonyl (C=O) groups is 2. The second-order valence-corrected chi connectivity index (χ2v) is 7.53. The maximum Gasteiger partial charge on any atom is 0.251 e. The van der Waals surface area contributed by atoms with Crippen LogP contribution in [-0.4, -0.2) is 22.8 Å². The summed E-state index contributed by atoms with van der Waals surface area (Å²) in [5.41, 5.74) is 8.71. The highest BCUT2D eigenvalue weighted by Crippen LogP contribution is 2.44. The topological polar surface area (TPSA) is 85.1 Å². The number of aromatic nitrogens is 1. The molecule has 0 aliphatic heterocycles. The molecular formula is C21H22FN3O2. The summed E-state index contributed by atoms with van der Waals surface area (Å²) in [5, 5.41) is 2.96. The van der Waals surface area contributed by atoms with Gasteiger partial charge in [0.2, 0.25) is 11.9 Å². The van der Waals surface area contributed by atoms with Crippen LogP contribution in [0.3, 0.4) is 0 Å². The molecule has 2 fully saturated rings. The third kappa shape index (κ3) is 4.15. The number of pyridine rings is 1. The van der Waals surface area contributed by atoms with Crippen molar-refractivity contribution in [3.63, 3.8) is 0 Å². The first-order valence-electron chi connectivity index (χ1n) is 9.36. The number of primary amides is 1. The first kappa shape index (κ1) is 17.6. The van der Waals surface area contributed by atoms with E-state index in [1.165, 1.54) is 12.3 Å². The zero-order valence-corrected chi connectivity index (χ0v) is 15.0. The normalized spacial score (nSPS) is 17.4. The van der Waals surface area contributed by atoms with Gasteiger partial charge in [0.05, 0.1) is 0 Å². The Kier molecular flexibility index (Phi) is 4.64. The molecule has 2 amide bonds. The average molecular weight is 367 g/mol. The minimum absolute atomic E-state index is 0.158. The minimum Gasteiger partial charge on any atom is -0.370 e. The van der Waals surface area contributed by atoms with E-state index in [0.717, 1.165) is 42.4 Å². The molecule has 27 heavy (non-hydrogen) atoms. The first-order valence-corrected chi connectivity index (χ1v) is 9.36. The lowest BCUT2D eigenvalue weighted by Crippen LogP contribution is -2.39. The summed E-state index contributed by atoms with van der Waals surface area (Å²) in [4.78, 5) is 27.8. The molecule has 0 spiro atoms. The molecular weight excluding hydrogens is 345 g/mol. The number of benzene rings is 1. The maximum absolute atomic E-state index is 13.2. The van der Waals surface area contributed by atoms with Gasteiger partial charge in [0.1, 0.15) is 0 Å². The first-order chi connectivity index (χ1) is 13.0. The molecule has 1 unspecified atom stereocenters. The Morgan fingerprint density at radius 3 is 2.56 bits per heavy atom. The molecule has 2 aromatic rings. The lowest BCUT2D eigenvalue weighted by molar-refractivity contribution is -0.118. The van der Waals surface area contributed by atoms with Crippen molar-refractivity contribution in [1.82, 2.24) is 10.3 Å². The Bertz CT molecular complexity index is 873. The highest BCUT2D eigenvalue weighted by Gasteiger charge is 2.34. The van der Waals surface area contributed by atoms with E-state index in [1.807, 2.05) is 18.2 Å². The molecule has 2 aliphatic carbocycles. The van der Waals surface area contributed by atoms with E-state index >= 15 is 0 Å². The van der Waals surface area contributed by atoms with Crippen LogP contribution in [0.2, 0.25) is 0 Å². The van der Waals surface area contributed by atoms with Gasteiger partial charge in [0.15, 0.2) is 0 Å². The SMILES string of the molecule is NC(=O)CC(NC(=O)c1ccc(C2CC2)c(-c2ccc(F)nc2)c1)C1CC1. The number of halogens is 1. The summed E-state index contributed by atoms with van der Waals surface area (Å²) in [6.07, 6.45) is 5.91. The molecule has 0 radical (unpaired) electrons. The van der Waals surface area contributed by atoms with E-state index < -0.39 is 11.9 Å². The second kappa shape index (κ2) is 7.10. The Labute approximate surface area is 157 Å². The van der Waals surface area contributed by atoms with Crippen molar-refractivity contribution in [3.8, 4) is 11.1 Å². The van der Waals surface area contributed by atoms with Crippen LogP contribution in [0.4, 0.5) is 4.39 Å². The van der Waals surface area contributed by atoms with E-state index in [0.29, 0.717) is 17.4 Å². The average Bonchev–Trinajstić information content (AvgIpc) is 3.54. The van der Waals surface area contributed by atoms with Gasteiger partial charge in [0.25, 0.3) is 5.91 Å². The summed E-state index contributed by atoms with van der Waals surface area (Å²) >= 11 is 0. The molecule has 0 saturated heterocycles. The standard InChI is InChI=1S/C21H22FN3O2/c22-19-8-6-15(11-24-19)17-9-14(5-7-16(17)12-1-2-12)21(27)25-18(10-20(23)26)13-3-4-13/h5-9,11-13,18H,1-4,10H2,(H2,23,26)(H,25,27). The van der Waals surface area contributed by atoms with E-state index in [1.54, 1.807) is 6.07 Å². The molecule has 6 heteroatoms. The van der Waals surface area contributed by atoms with Gasteiger partial charge < -0.3 is 11.1 Å². The highest BCUT2D eigenvalue weighted by molar-refractivity contribution is 5.96. The summed E-state index contributed by atoms with van der Waals surface area (Å²) in [7, 11) is 0. The number of hydrogen-bond acceptors (Lipinski definition) is 3. The van der Waals surface area contributed by atoms with Gasteiger partial charge in [-0.2, -0.15) is 4.39 Å². The minimum atomic E-state index is -0.528. The van der Waals surface area contributed by atoms with Crippen molar-refractivity contribution in [2.45, 2.75) is 44.1 Å². The maximum atomic E-state index is 13.2. The van der Waals surface area contributed by atoms with Gasteiger partial charge in [-0.15, -0.1) is 0 Å². The summed E-state index contributed by atoms with van der Waals surface area (Å²) in [5.74, 6) is -0.343. The number of amides is 2. The van der Waals surface area contributed by atoms with Crippen molar-refractivity contribution in [2.24, 2.45) is 11.7 Å². The molecule has 2 aliphatic rings. The van der Waals surface area contributed by atoms with Crippen LogP contribution in [0.25, 0.3) is 11.1 Å². The smallest absolute Gasteiger partial charge is 0.251 e. The Morgan fingerprint density at radius 1 is 1.19 bits per heavy atom. The van der Waals surface area contributed by atoms with Crippen molar-refractivity contribution < 1.29 is 14.0 Å². The lowest BCUT2D eigenvalue weighted by atomic mass is 9.95. The molecule has 140 valence electrons.